The van der Waals surface area contributed by atoms with Crippen molar-refractivity contribution in [1.29, 1.82) is 0 Å². The molecule has 0 spiro atoms. The number of hydrogen-bond acceptors (Lipinski definition) is 8. The largest absolute Gasteiger partial charge is 0.418 e. The first-order valence-electron chi connectivity index (χ1n) is 16.2. The first kappa shape index (κ1) is 39.7. The number of aliphatic hydroxyl groups excluding tert-OH is 2. The van der Waals surface area contributed by atoms with Gasteiger partial charge >= 0.3 is 6.18 Å². The van der Waals surface area contributed by atoms with E-state index in [4.69, 9.17) is 39.5 Å². The van der Waals surface area contributed by atoms with E-state index in [0.717, 1.165) is 77.5 Å². The van der Waals surface area contributed by atoms with E-state index in [2.05, 4.69) is 20.3 Å². The number of ether oxygens (including phenoxy) is 1. The second-order valence-electron chi connectivity index (χ2n) is 12.9. The highest BCUT2D eigenvalue weighted by atomic mass is 35.5. The number of benzene rings is 3. The van der Waals surface area contributed by atoms with Crippen LogP contribution in [0.15, 0.2) is 61.2 Å². The fraction of sp³-hybridized carbons (Fsp3) is 0.257. The molecule has 1 fully saturated rings. The molecule has 56 heavy (non-hydrogen) atoms. The fourth-order valence-electron chi connectivity index (χ4n) is 6.79. The van der Waals surface area contributed by atoms with E-state index in [1.807, 2.05) is 0 Å². The monoisotopic (exact) mass is 845 g/mol. The van der Waals surface area contributed by atoms with Crippen LogP contribution in [0.4, 0.5) is 30.7 Å². The minimum absolute atomic E-state index is 0.165. The number of rotatable bonds is 7. The Balaban J connectivity index is 1.58. The van der Waals surface area contributed by atoms with Gasteiger partial charge in [-0.05, 0) is 55.8 Å². The Morgan fingerprint density at radius 1 is 0.857 bits per heavy atom. The molecule has 1 aliphatic heterocycles. The van der Waals surface area contributed by atoms with E-state index >= 15 is 8.78 Å². The summed E-state index contributed by atoms with van der Waals surface area (Å²) in [5.41, 5.74) is -9.24. The molecule has 6 aromatic rings. The van der Waals surface area contributed by atoms with Gasteiger partial charge in [0.1, 0.15) is 11.9 Å². The zero-order valence-electron chi connectivity index (χ0n) is 28.5. The molecule has 4 heterocycles. The Morgan fingerprint density at radius 3 is 1.96 bits per heavy atom. The van der Waals surface area contributed by atoms with Crippen molar-refractivity contribution in [2.75, 3.05) is 6.61 Å². The van der Waals surface area contributed by atoms with Crippen LogP contribution in [0.25, 0.3) is 27.9 Å². The van der Waals surface area contributed by atoms with Crippen molar-refractivity contribution in [2.45, 2.75) is 50.1 Å². The number of alkyl halides is 3. The van der Waals surface area contributed by atoms with Crippen molar-refractivity contribution in [2.24, 2.45) is 0 Å². The molecule has 0 radical (unpaired) electrons. The van der Waals surface area contributed by atoms with Gasteiger partial charge < -0.3 is 20.1 Å². The minimum Gasteiger partial charge on any atom is -0.394 e. The van der Waals surface area contributed by atoms with Crippen molar-refractivity contribution in [3.05, 3.63) is 122 Å². The van der Waals surface area contributed by atoms with Gasteiger partial charge in [-0.1, -0.05) is 34.8 Å². The third kappa shape index (κ3) is 6.23. The summed E-state index contributed by atoms with van der Waals surface area (Å²) in [6.45, 7) is 1.48. The van der Waals surface area contributed by atoms with Gasteiger partial charge in [-0.25, -0.2) is 36.6 Å². The Morgan fingerprint density at radius 2 is 1.41 bits per heavy atom. The summed E-state index contributed by atoms with van der Waals surface area (Å²) in [5, 5.41) is 46.2. The molecule has 3 aromatic carbocycles. The molecular weight excluding hydrogens is 822 g/mol. The average Bonchev–Trinajstić information content (AvgIpc) is 3.90. The molecule has 3 aromatic heterocycles. The van der Waals surface area contributed by atoms with Crippen LogP contribution in [0.1, 0.15) is 29.2 Å². The Bertz CT molecular complexity index is 2510. The number of aromatic nitrogens is 7. The molecule has 0 bridgehead atoms. The van der Waals surface area contributed by atoms with Crippen LogP contribution >= 0.6 is 34.8 Å². The summed E-state index contributed by atoms with van der Waals surface area (Å²) in [4.78, 5) is 4.40. The molecule has 1 saturated heterocycles. The first-order chi connectivity index (χ1) is 26.3. The quantitative estimate of drug-likeness (QED) is 0.112. The SMILES string of the molecule is Cc1nc(C2(n3cc(-c4ccc(Cl)c(F)c4F)cn3)O[C@@H](CO)[C@@H](O)C[C@@]2(O)n2cc(-c3ccc(Cl)c(F)c3F)cn2)n(-c2cc(Cl)cc(C)c2C(F)(F)F)n1. The molecule has 21 heteroatoms. The smallest absolute Gasteiger partial charge is 0.394 e. The highest BCUT2D eigenvalue weighted by Gasteiger charge is 2.66. The topological polar surface area (TPSA) is 136 Å². The normalized spacial score (nSPS) is 21.6. The lowest BCUT2D eigenvalue weighted by Gasteiger charge is -2.51. The summed E-state index contributed by atoms with van der Waals surface area (Å²) < 4.78 is 113. The van der Waals surface area contributed by atoms with Crippen LogP contribution in [0, 0.1) is 37.1 Å². The van der Waals surface area contributed by atoms with E-state index in [-0.39, 0.29) is 33.1 Å². The molecule has 0 aliphatic carbocycles. The van der Waals surface area contributed by atoms with Gasteiger partial charge in [0.2, 0.25) is 5.72 Å². The van der Waals surface area contributed by atoms with Crippen LogP contribution in [0.3, 0.4) is 0 Å². The molecule has 294 valence electrons. The van der Waals surface area contributed by atoms with Crippen LogP contribution in [-0.4, -0.2) is 68.5 Å². The van der Waals surface area contributed by atoms with Crippen molar-refractivity contribution >= 4 is 34.8 Å². The summed E-state index contributed by atoms with van der Waals surface area (Å²) in [5.74, 6) is -6.51. The molecule has 1 aliphatic rings. The number of halogens is 10. The maximum atomic E-state index is 15.3. The van der Waals surface area contributed by atoms with Crippen molar-refractivity contribution in [1.82, 2.24) is 34.3 Å². The van der Waals surface area contributed by atoms with Crippen LogP contribution in [0.2, 0.25) is 15.1 Å². The molecule has 4 atom stereocenters. The summed E-state index contributed by atoms with van der Waals surface area (Å²) in [6.07, 6.45) is -5.30. The Labute approximate surface area is 326 Å². The fourth-order valence-corrected chi connectivity index (χ4v) is 7.35. The van der Waals surface area contributed by atoms with Gasteiger partial charge in [0.15, 0.2) is 29.1 Å². The predicted octanol–water partition coefficient (Wildman–Crippen LogP) is 7.34. The van der Waals surface area contributed by atoms with Crippen LogP contribution in [-0.2, 0) is 22.4 Å². The van der Waals surface area contributed by atoms with Gasteiger partial charge in [0, 0.05) is 46.1 Å². The first-order valence-corrected chi connectivity index (χ1v) is 17.3. The number of aryl methyl sites for hydroxylation is 2. The third-order valence-electron chi connectivity index (χ3n) is 9.33. The second-order valence-corrected chi connectivity index (χ2v) is 14.1. The molecule has 3 N–H and O–H groups in total. The number of aliphatic hydroxyl groups is 3. The zero-order valence-corrected chi connectivity index (χ0v) is 30.8. The summed E-state index contributed by atoms with van der Waals surface area (Å²) >= 11 is 17.8. The van der Waals surface area contributed by atoms with Gasteiger partial charge in [-0.2, -0.15) is 28.5 Å². The van der Waals surface area contributed by atoms with E-state index in [0.29, 0.717) is 4.68 Å². The minimum atomic E-state index is -5.04. The van der Waals surface area contributed by atoms with Crippen LogP contribution in [0.5, 0.6) is 0 Å². The maximum Gasteiger partial charge on any atom is 0.418 e. The van der Waals surface area contributed by atoms with Crippen molar-refractivity contribution in [3.8, 4) is 27.9 Å². The third-order valence-corrected chi connectivity index (χ3v) is 10.1. The van der Waals surface area contributed by atoms with E-state index in [9.17, 15) is 37.3 Å². The Hall–Kier alpha value is -4.56. The second kappa shape index (κ2) is 14.1. The summed E-state index contributed by atoms with van der Waals surface area (Å²) in [6, 6.07) is 6.33. The number of hydrogen-bond donors (Lipinski definition) is 3. The molecule has 7 rings (SSSR count). The standard InChI is InChI=1S/C35H25Cl3F7N7O4/c1-15-7-19(36)8-24(27(15)35(43,44)45)52-32(48-16(2)49-52)34(51-13-18(11-47-51)21-4-6-23(38)31(42)29(21)40)33(55,9-25(54)26(14-53)56-34)50-12-17(10-46-50)20-3-5-22(37)30(41)28(20)39/h3-8,10-13,25-26,53-55H,9,14H2,1-2H3/t25-,26-,33-,34?/m0/s1. The Kier molecular flexibility index (Phi) is 10.0. The van der Waals surface area contributed by atoms with Gasteiger partial charge in [0.05, 0.1) is 46.4 Å². The van der Waals surface area contributed by atoms with Gasteiger partial charge in [0.25, 0.3) is 5.72 Å². The summed E-state index contributed by atoms with van der Waals surface area (Å²) in [7, 11) is 0. The highest BCUT2D eigenvalue weighted by Crippen LogP contribution is 2.50. The lowest BCUT2D eigenvalue weighted by atomic mass is 9.86. The van der Waals surface area contributed by atoms with E-state index < -0.39 is 98.8 Å². The lowest BCUT2D eigenvalue weighted by Crippen LogP contribution is -2.68. The van der Waals surface area contributed by atoms with Gasteiger partial charge in [-0.15, -0.1) is 0 Å². The van der Waals surface area contributed by atoms with Gasteiger partial charge in [-0.3, -0.25) is 0 Å². The molecule has 0 saturated carbocycles. The lowest BCUT2D eigenvalue weighted by molar-refractivity contribution is -0.338. The van der Waals surface area contributed by atoms with Crippen molar-refractivity contribution in [3.63, 3.8) is 0 Å². The molecular formula is C35H25Cl3F7N7O4. The van der Waals surface area contributed by atoms with Crippen LogP contribution < -0.4 is 0 Å². The molecule has 1 unspecified atom stereocenters. The molecule has 0 amide bonds. The zero-order chi connectivity index (χ0) is 40.6. The average molecular weight is 847 g/mol. The number of nitrogens with zero attached hydrogens (tertiary/aromatic N) is 7. The predicted molar refractivity (Wildman–Crippen MR) is 186 cm³/mol. The van der Waals surface area contributed by atoms with E-state index in [1.54, 1.807) is 0 Å². The molecule has 11 nitrogen and oxygen atoms in total. The maximum absolute atomic E-state index is 15.3. The highest BCUT2D eigenvalue weighted by molar-refractivity contribution is 6.31. The van der Waals surface area contributed by atoms with E-state index in [1.165, 1.54) is 6.92 Å². The van der Waals surface area contributed by atoms with Crippen molar-refractivity contribution < 1.29 is 50.8 Å².